The molecular weight excluding hydrogens is 471 g/mol. The Labute approximate surface area is 204 Å². The molecule has 0 radical (unpaired) electrons. The molecule has 0 bridgehead atoms. The number of hydrogen-bond donors (Lipinski definition) is 4. The smallest absolute Gasteiger partial charge is 0.293 e. The zero-order valence-electron chi connectivity index (χ0n) is 18.7. The number of carbonyl (C=O) groups excluding carboxylic acids is 3. The number of ketones is 1. The Balaban J connectivity index is 1.44. The second-order valence-electron chi connectivity index (χ2n) is 9.12. The summed E-state index contributed by atoms with van der Waals surface area (Å²) in [5.74, 6) is -2.47. The topological polar surface area (TPSA) is 152 Å². The van der Waals surface area contributed by atoms with Crippen LogP contribution in [0, 0.1) is 40.8 Å². The Morgan fingerprint density at radius 2 is 2.09 bits per heavy atom. The van der Waals surface area contributed by atoms with Crippen LogP contribution in [0.25, 0.3) is 0 Å². The van der Waals surface area contributed by atoms with Gasteiger partial charge >= 0.3 is 0 Å². The van der Waals surface area contributed by atoms with Crippen molar-refractivity contribution < 1.29 is 18.8 Å². The van der Waals surface area contributed by atoms with E-state index < -0.39 is 29.0 Å². The maximum atomic E-state index is 13.7. The Kier molecular flexibility index (Phi) is 5.36. The number of fused-ring (bicyclic) bond motifs is 3. The van der Waals surface area contributed by atoms with Gasteiger partial charge in [-0.05, 0) is 62.3 Å². The predicted octanol–water partition coefficient (Wildman–Crippen LogP) is 3.33. The molecule has 11 heteroatoms. The van der Waals surface area contributed by atoms with Gasteiger partial charge in [-0.1, -0.05) is 11.8 Å². The molecule has 2 atom stereocenters. The quantitative estimate of drug-likeness (QED) is 0.202. The van der Waals surface area contributed by atoms with Gasteiger partial charge < -0.3 is 20.6 Å². The first kappa shape index (κ1) is 23.0. The number of aromatic nitrogens is 1. The van der Waals surface area contributed by atoms with E-state index in [1.54, 1.807) is 13.0 Å². The summed E-state index contributed by atoms with van der Waals surface area (Å²) >= 11 is 0.890. The van der Waals surface area contributed by atoms with Crippen LogP contribution in [-0.2, 0) is 11.2 Å². The van der Waals surface area contributed by atoms with E-state index in [1.165, 1.54) is 12.1 Å². The van der Waals surface area contributed by atoms with Crippen molar-refractivity contribution in [3.63, 3.8) is 0 Å². The fourth-order valence-electron chi connectivity index (χ4n) is 4.91. The molecule has 1 aliphatic heterocycles. The summed E-state index contributed by atoms with van der Waals surface area (Å²) in [6.45, 7) is 1.63. The number of anilines is 1. The van der Waals surface area contributed by atoms with Gasteiger partial charge in [0.1, 0.15) is 17.6 Å². The van der Waals surface area contributed by atoms with E-state index >= 15 is 0 Å². The first-order valence-electron chi connectivity index (χ1n) is 11.1. The van der Waals surface area contributed by atoms with Crippen molar-refractivity contribution >= 4 is 45.6 Å². The minimum absolute atomic E-state index is 0.0869. The Hall–Kier alpha value is -3.78. The van der Waals surface area contributed by atoms with Gasteiger partial charge in [0.05, 0.1) is 27.3 Å². The molecule has 2 fully saturated rings. The molecule has 35 heavy (non-hydrogen) atoms. The molecule has 0 saturated heterocycles. The van der Waals surface area contributed by atoms with Crippen LogP contribution in [-0.4, -0.2) is 38.3 Å². The summed E-state index contributed by atoms with van der Waals surface area (Å²) in [4.78, 5) is 39.5. The third-order valence-electron chi connectivity index (χ3n) is 6.93. The minimum Gasteiger partial charge on any atom is -0.338 e. The van der Waals surface area contributed by atoms with Crippen molar-refractivity contribution in [1.82, 2.24) is 9.88 Å². The van der Waals surface area contributed by atoms with Crippen LogP contribution < -0.4 is 10.6 Å². The molecule has 2 aromatic rings. The Morgan fingerprint density at radius 1 is 1.34 bits per heavy atom. The molecule has 178 valence electrons. The molecule has 5 rings (SSSR count). The maximum absolute atomic E-state index is 13.7. The van der Waals surface area contributed by atoms with Crippen molar-refractivity contribution in [3.8, 4) is 6.07 Å². The number of nitrogens with zero attached hydrogens (tertiary/aromatic N) is 2. The molecular formula is C24H21FN6O3S. The summed E-state index contributed by atoms with van der Waals surface area (Å²) in [7, 11) is 0. The van der Waals surface area contributed by atoms with Crippen molar-refractivity contribution in [2.75, 3.05) is 5.32 Å². The summed E-state index contributed by atoms with van der Waals surface area (Å²) in [5, 5.41) is 29.8. The lowest BCUT2D eigenvalue weighted by molar-refractivity contribution is -0.117. The molecule has 4 N–H and O–H groups in total. The van der Waals surface area contributed by atoms with Gasteiger partial charge in [0.15, 0.2) is 0 Å². The second kappa shape index (κ2) is 8.16. The van der Waals surface area contributed by atoms with E-state index in [0.29, 0.717) is 36.4 Å². The lowest BCUT2D eigenvalue weighted by Gasteiger charge is -2.16. The number of Topliss-reactive ketones (excluding diaryl/α,β-unsaturated/α-hetero) is 1. The summed E-state index contributed by atoms with van der Waals surface area (Å²) in [6, 6.07) is 5.52. The fourth-order valence-corrected chi connectivity index (χ4v) is 5.50. The number of thioether (sulfide) groups is 1. The lowest BCUT2D eigenvalue weighted by atomic mass is 10.0. The van der Waals surface area contributed by atoms with Crippen LogP contribution >= 0.6 is 11.8 Å². The monoisotopic (exact) mass is 492 g/mol. The predicted molar refractivity (Wildman–Crippen MR) is 128 cm³/mol. The Morgan fingerprint density at radius 3 is 2.74 bits per heavy atom. The van der Waals surface area contributed by atoms with E-state index in [9.17, 15) is 18.8 Å². The number of halogens is 1. The summed E-state index contributed by atoms with van der Waals surface area (Å²) in [5.41, 5.74) is 1.68. The number of hydrogen-bond acceptors (Lipinski definition) is 7. The van der Waals surface area contributed by atoms with Gasteiger partial charge in [-0.25, -0.2) is 4.39 Å². The highest BCUT2D eigenvalue weighted by atomic mass is 32.2. The first-order chi connectivity index (χ1) is 16.7. The van der Waals surface area contributed by atoms with Gasteiger partial charge in [0.2, 0.25) is 0 Å². The molecule has 2 saturated carbocycles. The van der Waals surface area contributed by atoms with Crippen LogP contribution in [0.4, 0.5) is 10.1 Å². The van der Waals surface area contributed by atoms with Crippen LogP contribution in [0.15, 0.2) is 18.2 Å². The fraction of sp³-hybridized carbons (Fsp3) is 0.333. The molecule has 0 spiro atoms. The van der Waals surface area contributed by atoms with Gasteiger partial charge in [-0.15, -0.1) is 0 Å². The van der Waals surface area contributed by atoms with Crippen molar-refractivity contribution in [1.29, 1.82) is 16.1 Å². The highest BCUT2D eigenvalue weighted by molar-refractivity contribution is 8.25. The summed E-state index contributed by atoms with van der Waals surface area (Å²) < 4.78 is 15.5. The normalized spacial score (nSPS) is 20.1. The third-order valence-corrected chi connectivity index (χ3v) is 7.67. The summed E-state index contributed by atoms with van der Waals surface area (Å²) in [6.07, 6.45) is 2.53. The lowest BCUT2D eigenvalue weighted by Crippen LogP contribution is -2.45. The average Bonchev–Trinajstić information content (AvgIpc) is 3.72. The molecule has 2 heterocycles. The maximum Gasteiger partial charge on any atom is 0.293 e. The number of benzene rings is 1. The van der Waals surface area contributed by atoms with Gasteiger partial charge in [0, 0.05) is 17.4 Å². The highest BCUT2D eigenvalue weighted by Gasteiger charge is 2.52. The highest BCUT2D eigenvalue weighted by Crippen LogP contribution is 2.54. The van der Waals surface area contributed by atoms with Crippen LogP contribution in [0.5, 0.6) is 0 Å². The zero-order valence-corrected chi connectivity index (χ0v) is 19.5. The average molecular weight is 493 g/mol. The van der Waals surface area contributed by atoms with Crippen LogP contribution in [0.3, 0.4) is 0 Å². The van der Waals surface area contributed by atoms with Gasteiger partial charge in [-0.3, -0.25) is 19.8 Å². The zero-order chi connectivity index (χ0) is 25.1. The van der Waals surface area contributed by atoms with E-state index in [0.717, 1.165) is 29.8 Å². The van der Waals surface area contributed by atoms with E-state index in [2.05, 4.69) is 10.6 Å². The molecule has 2 amide bonds. The molecule has 1 aromatic heterocycles. The Bertz CT molecular complexity index is 1390. The largest absolute Gasteiger partial charge is 0.338 e. The SMILES string of the molecule is Cc1c(C(=O)C(=O)NC2(C(=N)SC=N)CC2)c2n(c1C(=O)Nc1ccc(F)c(C#N)c1)C1CC1C2. The standard InChI is InChI=1S/C24H21FN6O3S/c1-11-18(20(32)22(34)30-24(4-5-24)23(28)35-10-27)17-8-12-7-16(12)31(17)19(11)21(33)29-14-2-3-15(25)13(6-14)9-26/h2-3,6,10,12,16,27-28H,4-5,7-8H2,1H3,(H,29,33)(H,30,34). The number of rotatable bonds is 7. The number of carbonyl (C=O) groups is 3. The van der Waals surface area contributed by atoms with Crippen LogP contribution in [0.1, 0.15) is 63.0 Å². The third kappa shape index (κ3) is 3.74. The minimum atomic E-state index is -0.908. The van der Waals surface area contributed by atoms with E-state index in [1.807, 2.05) is 4.57 Å². The van der Waals surface area contributed by atoms with Crippen molar-refractivity contribution in [2.24, 2.45) is 5.92 Å². The van der Waals surface area contributed by atoms with Crippen molar-refractivity contribution in [2.45, 2.75) is 44.2 Å². The molecule has 9 nitrogen and oxygen atoms in total. The number of amides is 2. The molecule has 2 unspecified atom stereocenters. The van der Waals surface area contributed by atoms with E-state index in [-0.39, 0.29) is 33.6 Å². The van der Waals surface area contributed by atoms with Gasteiger partial charge in [0.25, 0.3) is 17.6 Å². The number of nitriles is 1. The number of nitrogens with one attached hydrogen (secondary N) is 4. The molecule has 1 aromatic carbocycles. The molecule has 2 aliphatic carbocycles. The second-order valence-corrected chi connectivity index (χ2v) is 10.0. The van der Waals surface area contributed by atoms with Gasteiger partial charge in [-0.2, -0.15) is 5.26 Å². The molecule has 3 aliphatic rings. The first-order valence-corrected chi connectivity index (χ1v) is 11.9. The van der Waals surface area contributed by atoms with E-state index in [4.69, 9.17) is 16.1 Å². The van der Waals surface area contributed by atoms with Crippen molar-refractivity contribution in [3.05, 3.63) is 52.1 Å². The van der Waals surface area contributed by atoms with Crippen LogP contribution in [0.2, 0.25) is 0 Å².